The Kier molecular flexibility index (Phi) is 5.01. The summed E-state index contributed by atoms with van der Waals surface area (Å²) in [5, 5.41) is 2.96. The van der Waals surface area contributed by atoms with Crippen molar-refractivity contribution in [3.8, 4) is 0 Å². The first-order valence-corrected chi connectivity index (χ1v) is 7.51. The fraction of sp³-hybridized carbons (Fsp3) is 0.562. The molecule has 1 unspecified atom stereocenters. The molecule has 4 heteroatoms. The van der Waals surface area contributed by atoms with Crippen molar-refractivity contribution in [1.82, 2.24) is 4.90 Å². The van der Waals surface area contributed by atoms with E-state index in [-0.39, 0.29) is 12.1 Å². The van der Waals surface area contributed by atoms with E-state index in [9.17, 15) is 4.79 Å². The largest absolute Gasteiger partial charge is 0.325 e. The minimum atomic E-state index is -0.00653. The van der Waals surface area contributed by atoms with Gasteiger partial charge in [0, 0.05) is 24.8 Å². The molecule has 1 saturated carbocycles. The van der Waals surface area contributed by atoms with Gasteiger partial charge in [0.2, 0.25) is 0 Å². The lowest BCUT2D eigenvalue weighted by Crippen LogP contribution is -2.39. The van der Waals surface area contributed by atoms with Gasteiger partial charge in [-0.05, 0) is 50.3 Å². The molecular formula is C16H25N3O. The molecule has 1 aliphatic carbocycles. The number of amides is 2. The number of carbonyl (C=O) groups is 1. The van der Waals surface area contributed by atoms with Crippen molar-refractivity contribution in [2.45, 2.75) is 39.2 Å². The van der Waals surface area contributed by atoms with Crippen LogP contribution in [0.2, 0.25) is 0 Å². The summed E-state index contributed by atoms with van der Waals surface area (Å²) < 4.78 is 0. The molecule has 2 rings (SSSR count). The highest BCUT2D eigenvalue weighted by Gasteiger charge is 2.22. The lowest BCUT2D eigenvalue weighted by atomic mass is 9.85. The summed E-state index contributed by atoms with van der Waals surface area (Å²) in [4.78, 5) is 14.1. The van der Waals surface area contributed by atoms with Crippen LogP contribution in [-0.4, -0.2) is 24.0 Å². The highest BCUT2D eigenvalue weighted by atomic mass is 16.2. The van der Waals surface area contributed by atoms with Gasteiger partial charge < -0.3 is 16.0 Å². The second kappa shape index (κ2) is 6.75. The first-order valence-electron chi connectivity index (χ1n) is 7.51. The van der Waals surface area contributed by atoms with E-state index >= 15 is 0 Å². The van der Waals surface area contributed by atoms with Crippen LogP contribution in [0.15, 0.2) is 24.3 Å². The summed E-state index contributed by atoms with van der Waals surface area (Å²) in [6.45, 7) is 5.60. The number of nitrogens with zero attached hydrogens (tertiary/aromatic N) is 1. The minimum absolute atomic E-state index is 0.00653. The molecule has 110 valence electrons. The summed E-state index contributed by atoms with van der Waals surface area (Å²) in [6.07, 6.45) is 3.82. The van der Waals surface area contributed by atoms with Gasteiger partial charge in [-0.2, -0.15) is 0 Å². The molecule has 1 aromatic rings. The molecule has 0 aromatic heterocycles. The van der Waals surface area contributed by atoms with Crippen molar-refractivity contribution in [1.29, 1.82) is 0 Å². The van der Waals surface area contributed by atoms with Gasteiger partial charge in [-0.25, -0.2) is 4.79 Å². The van der Waals surface area contributed by atoms with Crippen LogP contribution in [-0.2, 0) is 0 Å². The minimum Gasteiger partial charge on any atom is -0.325 e. The molecule has 1 aromatic carbocycles. The van der Waals surface area contributed by atoms with Crippen molar-refractivity contribution in [2.24, 2.45) is 11.7 Å². The van der Waals surface area contributed by atoms with E-state index in [1.807, 2.05) is 43.0 Å². The highest BCUT2D eigenvalue weighted by Crippen LogP contribution is 2.27. The van der Waals surface area contributed by atoms with Crippen LogP contribution in [0.5, 0.6) is 0 Å². The van der Waals surface area contributed by atoms with Crippen LogP contribution in [0.4, 0.5) is 10.5 Å². The molecule has 0 aliphatic heterocycles. The average molecular weight is 275 g/mol. The van der Waals surface area contributed by atoms with Gasteiger partial charge in [-0.15, -0.1) is 0 Å². The van der Waals surface area contributed by atoms with Gasteiger partial charge >= 0.3 is 6.03 Å². The standard InChI is InChI=1S/C16H25N3O/c1-3-19(11-13-5-4-6-13)16(20)18-15-9-7-14(8-10-15)12(2)17/h7-10,12-13H,3-6,11,17H2,1-2H3,(H,18,20). The van der Waals surface area contributed by atoms with Crippen LogP contribution in [0, 0.1) is 5.92 Å². The first kappa shape index (κ1) is 14.9. The molecule has 0 spiro atoms. The van der Waals surface area contributed by atoms with Crippen molar-refractivity contribution < 1.29 is 4.79 Å². The summed E-state index contributed by atoms with van der Waals surface area (Å²) >= 11 is 0. The Balaban J connectivity index is 1.91. The number of rotatable bonds is 5. The zero-order valence-electron chi connectivity index (χ0n) is 12.4. The maximum atomic E-state index is 12.2. The van der Waals surface area contributed by atoms with E-state index < -0.39 is 0 Å². The maximum Gasteiger partial charge on any atom is 0.321 e. The smallest absolute Gasteiger partial charge is 0.321 e. The third kappa shape index (κ3) is 3.73. The van der Waals surface area contributed by atoms with Gasteiger partial charge in [0.05, 0.1) is 0 Å². The lowest BCUT2D eigenvalue weighted by molar-refractivity contribution is 0.182. The van der Waals surface area contributed by atoms with Crippen molar-refractivity contribution in [3.05, 3.63) is 29.8 Å². The zero-order chi connectivity index (χ0) is 14.5. The topological polar surface area (TPSA) is 58.4 Å². The van der Waals surface area contributed by atoms with Crippen molar-refractivity contribution in [2.75, 3.05) is 18.4 Å². The van der Waals surface area contributed by atoms with Crippen molar-refractivity contribution in [3.63, 3.8) is 0 Å². The molecule has 1 aliphatic rings. The molecule has 20 heavy (non-hydrogen) atoms. The van der Waals surface area contributed by atoms with E-state index in [0.29, 0.717) is 5.92 Å². The SMILES string of the molecule is CCN(CC1CCC1)C(=O)Nc1ccc(C(C)N)cc1. The molecule has 0 saturated heterocycles. The third-order valence-corrected chi connectivity index (χ3v) is 4.06. The monoisotopic (exact) mass is 275 g/mol. The lowest BCUT2D eigenvalue weighted by Gasteiger charge is -2.31. The van der Waals surface area contributed by atoms with Gasteiger partial charge in [-0.1, -0.05) is 18.6 Å². The summed E-state index contributed by atoms with van der Waals surface area (Å²) in [7, 11) is 0. The summed E-state index contributed by atoms with van der Waals surface area (Å²) in [6, 6.07) is 7.76. The summed E-state index contributed by atoms with van der Waals surface area (Å²) in [5.41, 5.74) is 7.72. The normalized spacial score (nSPS) is 16.4. The van der Waals surface area contributed by atoms with Gasteiger partial charge in [0.25, 0.3) is 0 Å². The van der Waals surface area contributed by atoms with E-state index in [2.05, 4.69) is 5.32 Å². The second-order valence-electron chi connectivity index (χ2n) is 5.68. The Morgan fingerprint density at radius 1 is 1.40 bits per heavy atom. The number of hydrogen-bond donors (Lipinski definition) is 2. The molecule has 4 nitrogen and oxygen atoms in total. The Morgan fingerprint density at radius 2 is 2.05 bits per heavy atom. The fourth-order valence-electron chi connectivity index (χ4n) is 2.42. The number of carbonyl (C=O) groups excluding carboxylic acids is 1. The van der Waals surface area contributed by atoms with Crippen molar-refractivity contribution >= 4 is 11.7 Å². The molecule has 2 amide bonds. The molecule has 1 atom stereocenters. The number of hydrogen-bond acceptors (Lipinski definition) is 2. The van der Waals surface area contributed by atoms with Gasteiger partial charge in [-0.3, -0.25) is 0 Å². The van der Waals surface area contributed by atoms with Crippen LogP contribution in [0.1, 0.15) is 44.7 Å². The van der Waals surface area contributed by atoms with E-state index in [1.165, 1.54) is 19.3 Å². The molecular weight excluding hydrogens is 250 g/mol. The third-order valence-electron chi connectivity index (χ3n) is 4.06. The Labute approximate surface area is 121 Å². The quantitative estimate of drug-likeness (QED) is 0.865. The Morgan fingerprint density at radius 3 is 2.50 bits per heavy atom. The molecule has 0 bridgehead atoms. The van der Waals surface area contributed by atoms with E-state index in [1.54, 1.807) is 0 Å². The maximum absolute atomic E-state index is 12.2. The molecule has 1 fully saturated rings. The Hall–Kier alpha value is -1.55. The number of anilines is 1. The zero-order valence-corrected chi connectivity index (χ0v) is 12.4. The number of urea groups is 1. The molecule has 0 radical (unpaired) electrons. The predicted molar refractivity (Wildman–Crippen MR) is 82.7 cm³/mol. The number of benzene rings is 1. The van der Waals surface area contributed by atoms with Gasteiger partial charge in [0.1, 0.15) is 0 Å². The first-order chi connectivity index (χ1) is 9.60. The highest BCUT2D eigenvalue weighted by molar-refractivity contribution is 5.89. The summed E-state index contributed by atoms with van der Waals surface area (Å²) in [5.74, 6) is 0.696. The van der Waals surface area contributed by atoms with E-state index in [0.717, 1.165) is 24.3 Å². The van der Waals surface area contributed by atoms with Gasteiger partial charge in [0.15, 0.2) is 0 Å². The van der Waals surface area contributed by atoms with Crippen LogP contribution in [0.25, 0.3) is 0 Å². The predicted octanol–water partition coefficient (Wildman–Crippen LogP) is 3.36. The molecule has 3 N–H and O–H groups in total. The fourth-order valence-corrected chi connectivity index (χ4v) is 2.42. The Bertz CT molecular complexity index is 438. The van der Waals surface area contributed by atoms with E-state index in [4.69, 9.17) is 5.73 Å². The number of nitrogens with one attached hydrogen (secondary N) is 1. The second-order valence-corrected chi connectivity index (χ2v) is 5.68. The van der Waals surface area contributed by atoms with Crippen LogP contribution in [0.3, 0.4) is 0 Å². The number of nitrogens with two attached hydrogens (primary N) is 1. The average Bonchev–Trinajstić information content (AvgIpc) is 2.38. The van der Waals surface area contributed by atoms with Crippen LogP contribution >= 0.6 is 0 Å². The van der Waals surface area contributed by atoms with Crippen LogP contribution < -0.4 is 11.1 Å². The molecule has 0 heterocycles.